The van der Waals surface area contributed by atoms with Crippen molar-refractivity contribution in [3.05, 3.63) is 53.1 Å². The molecule has 2 aromatic carbocycles. The summed E-state index contributed by atoms with van der Waals surface area (Å²) in [5.41, 5.74) is -0.253. The predicted molar refractivity (Wildman–Crippen MR) is 120 cm³/mol. The summed E-state index contributed by atoms with van der Waals surface area (Å²) >= 11 is 0. The Kier molecular flexibility index (Phi) is 7.26. The molecule has 0 aliphatic carbocycles. The number of alkyl halides is 3. The number of piperidine rings is 1. The number of aryl methyl sites for hydroxylation is 1. The molecule has 10 heteroatoms. The molecule has 1 aliphatic heterocycles. The zero-order valence-corrected chi connectivity index (χ0v) is 19.5. The van der Waals surface area contributed by atoms with E-state index >= 15 is 0 Å². The molecule has 0 aromatic heterocycles. The SMILES string of the molecule is CCc1ccc(C(=O)OC)cc1S(=O)(=O)Nc1cc(C(F)(F)F)ccc1N1CCCC[C@H]1C. The molecular formula is C23H27F3N2O4S. The fraction of sp³-hybridized carbons (Fsp3) is 0.435. The first-order chi connectivity index (χ1) is 15.5. The molecular weight excluding hydrogens is 457 g/mol. The van der Waals surface area contributed by atoms with E-state index in [0.29, 0.717) is 24.2 Å². The fourth-order valence-corrected chi connectivity index (χ4v) is 5.44. The molecule has 1 aliphatic rings. The number of hydrogen-bond donors (Lipinski definition) is 1. The molecule has 3 rings (SSSR count). The smallest absolute Gasteiger partial charge is 0.416 e. The van der Waals surface area contributed by atoms with E-state index in [9.17, 15) is 26.4 Å². The molecule has 0 amide bonds. The maximum absolute atomic E-state index is 13.4. The van der Waals surface area contributed by atoms with Crippen LogP contribution >= 0.6 is 0 Å². The quantitative estimate of drug-likeness (QED) is 0.568. The van der Waals surface area contributed by atoms with E-state index in [2.05, 4.69) is 9.46 Å². The number of carbonyl (C=O) groups is 1. The van der Waals surface area contributed by atoms with Crippen molar-refractivity contribution in [2.45, 2.75) is 56.6 Å². The third-order valence-electron chi connectivity index (χ3n) is 5.84. The van der Waals surface area contributed by atoms with Gasteiger partial charge in [0.25, 0.3) is 10.0 Å². The molecule has 1 heterocycles. The molecule has 0 spiro atoms. The molecule has 1 atom stereocenters. The highest BCUT2D eigenvalue weighted by atomic mass is 32.2. The largest absolute Gasteiger partial charge is 0.465 e. The van der Waals surface area contributed by atoms with Gasteiger partial charge in [0.15, 0.2) is 0 Å². The number of rotatable bonds is 6. The average Bonchev–Trinajstić information content (AvgIpc) is 2.77. The average molecular weight is 485 g/mol. The van der Waals surface area contributed by atoms with E-state index in [1.807, 2.05) is 11.8 Å². The Labute approximate surface area is 191 Å². The Morgan fingerprint density at radius 1 is 1.18 bits per heavy atom. The van der Waals surface area contributed by atoms with E-state index in [1.54, 1.807) is 6.92 Å². The van der Waals surface area contributed by atoms with Gasteiger partial charge in [-0.1, -0.05) is 13.0 Å². The van der Waals surface area contributed by atoms with Gasteiger partial charge in [-0.3, -0.25) is 4.72 Å². The van der Waals surface area contributed by atoms with Crippen molar-refractivity contribution >= 4 is 27.4 Å². The normalized spacial score (nSPS) is 17.0. The van der Waals surface area contributed by atoms with Crippen molar-refractivity contribution in [2.24, 2.45) is 0 Å². The molecule has 1 fully saturated rings. The molecule has 0 radical (unpaired) electrons. The third-order valence-corrected chi connectivity index (χ3v) is 7.29. The van der Waals surface area contributed by atoms with Crippen LogP contribution in [0.4, 0.5) is 24.5 Å². The van der Waals surface area contributed by atoms with Crippen molar-refractivity contribution < 1.29 is 31.1 Å². The summed E-state index contributed by atoms with van der Waals surface area (Å²) < 4.78 is 74.1. The van der Waals surface area contributed by atoms with Gasteiger partial charge in [0, 0.05) is 12.6 Å². The van der Waals surface area contributed by atoms with Crippen LogP contribution in [0.15, 0.2) is 41.3 Å². The van der Waals surface area contributed by atoms with Crippen LogP contribution in [0, 0.1) is 0 Å². The molecule has 6 nitrogen and oxygen atoms in total. The van der Waals surface area contributed by atoms with Crippen molar-refractivity contribution in [1.82, 2.24) is 0 Å². The van der Waals surface area contributed by atoms with E-state index in [1.165, 1.54) is 31.4 Å². The van der Waals surface area contributed by atoms with Crippen LogP contribution in [0.2, 0.25) is 0 Å². The van der Waals surface area contributed by atoms with E-state index < -0.39 is 27.7 Å². The Hall–Kier alpha value is -2.75. The van der Waals surface area contributed by atoms with Crippen molar-refractivity contribution in [2.75, 3.05) is 23.3 Å². The van der Waals surface area contributed by atoms with Crippen LogP contribution in [0.25, 0.3) is 0 Å². The molecule has 1 saturated heterocycles. The van der Waals surface area contributed by atoms with Crippen LogP contribution in [0.1, 0.15) is 54.6 Å². The van der Waals surface area contributed by atoms with Crippen LogP contribution < -0.4 is 9.62 Å². The van der Waals surface area contributed by atoms with Gasteiger partial charge in [-0.05, 0) is 68.5 Å². The summed E-state index contributed by atoms with van der Waals surface area (Å²) in [6.45, 7) is 4.32. The summed E-state index contributed by atoms with van der Waals surface area (Å²) in [5, 5.41) is 0. The second kappa shape index (κ2) is 9.62. The molecule has 180 valence electrons. The van der Waals surface area contributed by atoms with E-state index in [0.717, 1.165) is 31.4 Å². The second-order valence-corrected chi connectivity index (χ2v) is 9.69. The topological polar surface area (TPSA) is 75.7 Å². The maximum atomic E-state index is 13.4. The number of nitrogens with one attached hydrogen (secondary N) is 1. The van der Waals surface area contributed by atoms with Gasteiger partial charge in [-0.25, -0.2) is 13.2 Å². The third kappa shape index (κ3) is 5.43. The predicted octanol–water partition coefficient (Wildman–Crippen LogP) is 5.23. The number of methoxy groups -OCH3 is 1. The minimum Gasteiger partial charge on any atom is -0.465 e. The molecule has 33 heavy (non-hydrogen) atoms. The highest BCUT2D eigenvalue weighted by Gasteiger charge is 2.33. The molecule has 0 bridgehead atoms. The van der Waals surface area contributed by atoms with Crippen LogP contribution in [0.5, 0.6) is 0 Å². The summed E-state index contributed by atoms with van der Waals surface area (Å²) in [6, 6.07) is 7.29. The summed E-state index contributed by atoms with van der Waals surface area (Å²) in [7, 11) is -3.14. The first-order valence-corrected chi connectivity index (χ1v) is 12.2. The maximum Gasteiger partial charge on any atom is 0.416 e. The summed E-state index contributed by atoms with van der Waals surface area (Å²) in [6.07, 6.45) is -1.57. The highest BCUT2D eigenvalue weighted by Crippen LogP contribution is 2.38. The minimum absolute atomic E-state index is 0.0315. The van der Waals surface area contributed by atoms with Crippen LogP contribution in [0.3, 0.4) is 0 Å². The number of ether oxygens (including phenoxy) is 1. The number of nitrogens with zero attached hydrogens (tertiary/aromatic N) is 1. The monoisotopic (exact) mass is 484 g/mol. The van der Waals surface area contributed by atoms with Crippen molar-refractivity contribution in [1.29, 1.82) is 0 Å². The van der Waals surface area contributed by atoms with Gasteiger partial charge in [-0.15, -0.1) is 0 Å². The lowest BCUT2D eigenvalue weighted by Gasteiger charge is -2.36. The van der Waals surface area contributed by atoms with Gasteiger partial charge >= 0.3 is 12.1 Å². The summed E-state index contributed by atoms with van der Waals surface area (Å²) in [4.78, 5) is 13.7. The first-order valence-electron chi connectivity index (χ1n) is 10.7. The van der Waals surface area contributed by atoms with Gasteiger partial charge in [0.05, 0.1) is 34.5 Å². The van der Waals surface area contributed by atoms with Crippen molar-refractivity contribution in [3.63, 3.8) is 0 Å². The Morgan fingerprint density at radius 2 is 1.91 bits per heavy atom. The Morgan fingerprint density at radius 3 is 2.52 bits per heavy atom. The van der Waals surface area contributed by atoms with Crippen LogP contribution in [-0.2, 0) is 27.4 Å². The number of esters is 1. The standard InChI is InChI=1S/C23H27F3N2O4S/c1-4-16-8-9-17(22(29)32-3)13-21(16)33(30,31)27-19-14-18(23(24,25)26)10-11-20(19)28-12-6-5-7-15(28)2/h8-11,13-15,27H,4-7,12H2,1-3H3/t15-/m1/s1. The fourth-order valence-electron chi connectivity index (χ4n) is 4.04. The zero-order chi connectivity index (χ0) is 24.4. The number of anilines is 2. The summed E-state index contributed by atoms with van der Waals surface area (Å²) in [5.74, 6) is -0.712. The molecule has 0 unspecified atom stereocenters. The van der Waals surface area contributed by atoms with Gasteiger partial charge in [0.1, 0.15) is 0 Å². The highest BCUT2D eigenvalue weighted by molar-refractivity contribution is 7.92. The number of sulfonamides is 1. The zero-order valence-electron chi connectivity index (χ0n) is 18.7. The first kappa shape index (κ1) is 24.9. The Balaban J connectivity index is 2.11. The number of carbonyl (C=O) groups excluding carboxylic acids is 1. The van der Waals surface area contributed by atoms with Gasteiger partial charge in [-0.2, -0.15) is 13.2 Å². The lowest BCUT2D eigenvalue weighted by molar-refractivity contribution is -0.137. The second-order valence-electron chi connectivity index (χ2n) is 8.04. The molecule has 1 N–H and O–H groups in total. The minimum atomic E-state index is -4.63. The van der Waals surface area contributed by atoms with Crippen molar-refractivity contribution in [3.8, 4) is 0 Å². The van der Waals surface area contributed by atoms with E-state index in [4.69, 9.17) is 0 Å². The number of hydrogen-bond acceptors (Lipinski definition) is 5. The number of benzene rings is 2. The molecule has 2 aromatic rings. The lowest BCUT2D eigenvalue weighted by Crippen LogP contribution is -2.38. The van der Waals surface area contributed by atoms with Gasteiger partial charge in [0.2, 0.25) is 0 Å². The lowest BCUT2D eigenvalue weighted by atomic mass is 10.0. The van der Waals surface area contributed by atoms with Gasteiger partial charge < -0.3 is 9.64 Å². The van der Waals surface area contributed by atoms with E-state index in [-0.39, 0.29) is 22.2 Å². The Bertz CT molecular complexity index is 1130. The molecule has 0 saturated carbocycles. The number of halogens is 3. The van der Waals surface area contributed by atoms with Crippen LogP contribution in [-0.4, -0.2) is 34.1 Å².